The highest BCUT2D eigenvalue weighted by molar-refractivity contribution is 7.09. The highest BCUT2D eigenvalue weighted by Gasteiger charge is 2.19. The van der Waals surface area contributed by atoms with Crippen LogP contribution in [0.4, 0.5) is 0 Å². The van der Waals surface area contributed by atoms with E-state index in [0.29, 0.717) is 6.42 Å². The van der Waals surface area contributed by atoms with Crippen molar-refractivity contribution in [3.05, 3.63) is 22.4 Å². The van der Waals surface area contributed by atoms with Crippen LogP contribution < -0.4 is 0 Å². The molecule has 5 heteroatoms. The van der Waals surface area contributed by atoms with E-state index in [1.54, 1.807) is 11.3 Å². The van der Waals surface area contributed by atoms with E-state index in [1.807, 2.05) is 11.8 Å². The predicted molar refractivity (Wildman–Crippen MR) is 91.2 cm³/mol. The zero-order valence-corrected chi connectivity index (χ0v) is 14.4. The van der Waals surface area contributed by atoms with Gasteiger partial charge in [0, 0.05) is 37.5 Å². The summed E-state index contributed by atoms with van der Waals surface area (Å²) in [6.45, 7) is 6.26. The van der Waals surface area contributed by atoms with E-state index in [9.17, 15) is 9.90 Å². The molecule has 1 atom stereocenters. The van der Waals surface area contributed by atoms with E-state index >= 15 is 0 Å². The van der Waals surface area contributed by atoms with Gasteiger partial charge in [0.25, 0.3) is 0 Å². The van der Waals surface area contributed by atoms with Crippen molar-refractivity contribution in [2.75, 3.05) is 32.7 Å². The number of amides is 1. The Balaban J connectivity index is 1.69. The van der Waals surface area contributed by atoms with Gasteiger partial charge in [-0.15, -0.1) is 11.3 Å². The quantitative estimate of drug-likeness (QED) is 0.837. The molecule has 0 saturated carbocycles. The molecule has 22 heavy (non-hydrogen) atoms. The Morgan fingerprint density at radius 2 is 2.23 bits per heavy atom. The number of aliphatic hydroxyl groups is 1. The molecule has 1 N–H and O–H groups in total. The van der Waals surface area contributed by atoms with Crippen molar-refractivity contribution in [3.63, 3.8) is 0 Å². The Kier molecular flexibility index (Phi) is 7.36. The van der Waals surface area contributed by atoms with E-state index in [4.69, 9.17) is 0 Å². The standard InChI is InChI=1S/C17H28N2O2S/c1-2-15(20)14-18-9-5-10-19(12-11-18)17(21)8-3-6-16-7-4-13-22-16/h4,7,13,15,20H,2-3,5-6,8-12,14H2,1H3. The van der Waals surface area contributed by atoms with Crippen LogP contribution in [-0.2, 0) is 11.2 Å². The summed E-state index contributed by atoms with van der Waals surface area (Å²) >= 11 is 1.77. The molecule has 1 aliphatic rings. The average Bonchev–Trinajstić information content (AvgIpc) is 2.92. The minimum Gasteiger partial charge on any atom is -0.392 e. The van der Waals surface area contributed by atoms with Crippen molar-refractivity contribution >= 4 is 17.2 Å². The van der Waals surface area contributed by atoms with Crippen molar-refractivity contribution in [1.82, 2.24) is 9.80 Å². The maximum absolute atomic E-state index is 12.3. The first kappa shape index (κ1) is 17.4. The lowest BCUT2D eigenvalue weighted by atomic mass is 10.2. The lowest BCUT2D eigenvalue weighted by Gasteiger charge is -2.23. The molecule has 1 fully saturated rings. The van der Waals surface area contributed by atoms with Gasteiger partial charge in [-0.3, -0.25) is 9.69 Å². The molecule has 2 heterocycles. The lowest BCUT2D eigenvalue weighted by molar-refractivity contribution is -0.131. The van der Waals surface area contributed by atoms with Crippen molar-refractivity contribution in [2.45, 2.75) is 45.1 Å². The SMILES string of the molecule is CCC(O)CN1CCCN(C(=O)CCCc2cccs2)CC1. The number of β-amino-alcohol motifs (C(OH)–C–C–N with tert-alkyl or cyclic N) is 1. The number of hydrogen-bond donors (Lipinski definition) is 1. The summed E-state index contributed by atoms with van der Waals surface area (Å²) in [6.07, 6.45) is 4.15. The van der Waals surface area contributed by atoms with Gasteiger partial charge in [-0.05, 0) is 43.7 Å². The summed E-state index contributed by atoms with van der Waals surface area (Å²) in [7, 11) is 0. The van der Waals surface area contributed by atoms with E-state index < -0.39 is 0 Å². The molecule has 1 saturated heterocycles. The third kappa shape index (κ3) is 5.71. The Morgan fingerprint density at radius 3 is 2.95 bits per heavy atom. The normalized spacial score (nSPS) is 18.2. The van der Waals surface area contributed by atoms with Gasteiger partial charge >= 0.3 is 0 Å². The van der Waals surface area contributed by atoms with Gasteiger partial charge in [-0.1, -0.05) is 13.0 Å². The van der Waals surface area contributed by atoms with Crippen LogP contribution in [0.15, 0.2) is 17.5 Å². The molecule has 0 bridgehead atoms. The molecular weight excluding hydrogens is 296 g/mol. The van der Waals surface area contributed by atoms with Crippen LogP contribution in [0.25, 0.3) is 0 Å². The number of nitrogens with zero attached hydrogens (tertiary/aromatic N) is 2. The summed E-state index contributed by atoms with van der Waals surface area (Å²) in [5, 5.41) is 11.9. The third-order valence-electron chi connectivity index (χ3n) is 4.28. The van der Waals surface area contributed by atoms with Gasteiger partial charge in [0.05, 0.1) is 6.10 Å². The fourth-order valence-corrected chi connectivity index (χ4v) is 3.61. The fraction of sp³-hybridized carbons (Fsp3) is 0.706. The van der Waals surface area contributed by atoms with E-state index in [2.05, 4.69) is 22.4 Å². The minimum absolute atomic E-state index is 0.243. The van der Waals surface area contributed by atoms with Crippen LogP contribution in [0.1, 0.15) is 37.5 Å². The molecule has 1 aromatic rings. The van der Waals surface area contributed by atoms with Crippen LogP contribution in [0.5, 0.6) is 0 Å². The van der Waals surface area contributed by atoms with E-state index in [1.165, 1.54) is 4.88 Å². The van der Waals surface area contributed by atoms with Crippen LogP contribution in [-0.4, -0.2) is 59.6 Å². The molecule has 0 aliphatic carbocycles. The number of thiophene rings is 1. The van der Waals surface area contributed by atoms with Gasteiger partial charge in [-0.2, -0.15) is 0 Å². The first-order valence-corrected chi connectivity index (χ1v) is 9.27. The molecule has 2 rings (SSSR count). The highest BCUT2D eigenvalue weighted by Crippen LogP contribution is 2.13. The summed E-state index contributed by atoms with van der Waals surface area (Å²) < 4.78 is 0. The molecule has 0 spiro atoms. The second-order valence-electron chi connectivity index (χ2n) is 6.03. The number of aliphatic hydroxyl groups excluding tert-OH is 1. The van der Waals surface area contributed by atoms with Crippen molar-refractivity contribution in [1.29, 1.82) is 0 Å². The maximum atomic E-state index is 12.3. The molecule has 1 unspecified atom stereocenters. The molecule has 1 aromatic heterocycles. The van der Waals surface area contributed by atoms with Gasteiger partial charge in [-0.25, -0.2) is 0 Å². The smallest absolute Gasteiger partial charge is 0.222 e. The Bertz CT molecular complexity index is 436. The molecule has 0 radical (unpaired) electrons. The molecule has 4 nitrogen and oxygen atoms in total. The number of aryl methyl sites for hydroxylation is 1. The molecule has 1 amide bonds. The minimum atomic E-state index is -0.243. The van der Waals surface area contributed by atoms with Crippen LogP contribution in [0.2, 0.25) is 0 Å². The lowest BCUT2D eigenvalue weighted by Crippen LogP contribution is -2.37. The molecule has 124 valence electrons. The molecular formula is C17H28N2O2S. The summed E-state index contributed by atoms with van der Waals surface area (Å²) in [5.74, 6) is 0.287. The number of carbonyl (C=O) groups is 1. The zero-order valence-electron chi connectivity index (χ0n) is 13.5. The Labute approximate surface area is 137 Å². The third-order valence-corrected chi connectivity index (χ3v) is 5.21. The Morgan fingerprint density at radius 1 is 1.36 bits per heavy atom. The fourth-order valence-electron chi connectivity index (χ4n) is 2.86. The Hall–Kier alpha value is -0.910. The second kappa shape index (κ2) is 9.28. The van der Waals surface area contributed by atoms with Crippen molar-refractivity contribution < 1.29 is 9.90 Å². The first-order valence-electron chi connectivity index (χ1n) is 8.39. The van der Waals surface area contributed by atoms with Gasteiger partial charge in [0.1, 0.15) is 0 Å². The largest absolute Gasteiger partial charge is 0.392 e. The van der Waals surface area contributed by atoms with Gasteiger partial charge in [0.2, 0.25) is 5.91 Å². The molecule has 0 aromatic carbocycles. The van der Waals surface area contributed by atoms with Crippen LogP contribution in [0, 0.1) is 0 Å². The highest BCUT2D eigenvalue weighted by atomic mass is 32.1. The topological polar surface area (TPSA) is 43.8 Å². The van der Waals surface area contributed by atoms with Crippen LogP contribution >= 0.6 is 11.3 Å². The summed E-state index contributed by atoms with van der Waals surface area (Å²) in [5.41, 5.74) is 0. The number of hydrogen-bond acceptors (Lipinski definition) is 4. The van der Waals surface area contributed by atoms with E-state index in [-0.39, 0.29) is 12.0 Å². The summed E-state index contributed by atoms with van der Waals surface area (Å²) in [6, 6.07) is 4.20. The van der Waals surface area contributed by atoms with Gasteiger partial charge < -0.3 is 10.0 Å². The zero-order chi connectivity index (χ0) is 15.8. The van der Waals surface area contributed by atoms with Gasteiger partial charge in [0.15, 0.2) is 0 Å². The number of carbonyl (C=O) groups excluding carboxylic acids is 1. The van der Waals surface area contributed by atoms with Crippen molar-refractivity contribution in [3.8, 4) is 0 Å². The van der Waals surface area contributed by atoms with Crippen molar-refractivity contribution in [2.24, 2.45) is 0 Å². The predicted octanol–water partition coefficient (Wildman–Crippen LogP) is 2.38. The number of rotatable bonds is 7. The first-order chi connectivity index (χ1) is 10.7. The second-order valence-corrected chi connectivity index (χ2v) is 7.06. The maximum Gasteiger partial charge on any atom is 0.222 e. The van der Waals surface area contributed by atoms with Crippen LogP contribution in [0.3, 0.4) is 0 Å². The average molecular weight is 324 g/mol. The molecule has 1 aliphatic heterocycles. The summed E-state index contributed by atoms with van der Waals surface area (Å²) in [4.78, 5) is 18.0. The monoisotopic (exact) mass is 324 g/mol. The van der Waals surface area contributed by atoms with E-state index in [0.717, 1.165) is 58.4 Å².